The molecular weight excluding hydrogens is 191 g/mol. The zero-order chi connectivity index (χ0) is 7.78. The summed E-state index contributed by atoms with van der Waals surface area (Å²) < 4.78 is 3.06. The van der Waals surface area contributed by atoms with Crippen LogP contribution in [0.15, 0.2) is 12.4 Å². The monoisotopic (exact) mass is 203 g/mol. The molecule has 0 bridgehead atoms. The van der Waals surface area contributed by atoms with E-state index in [1.54, 1.807) is 6.20 Å². The molecule has 0 fully saturated rings. The van der Waals surface area contributed by atoms with Crippen LogP contribution in [0.1, 0.15) is 20.8 Å². The first-order valence-electron chi connectivity index (χ1n) is 3.22. The molecule has 10 heavy (non-hydrogen) atoms. The van der Waals surface area contributed by atoms with Gasteiger partial charge in [-0.1, -0.05) is 0 Å². The summed E-state index contributed by atoms with van der Waals surface area (Å²) in [6, 6.07) is 0. The van der Waals surface area contributed by atoms with Crippen LogP contribution in [0.4, 0.5) is 0 Å². The molecule has 0 aliphatic carbocycles. The summed E-state index contributed by atoms with van der Waals surface area (Å²) >= 11 is 2.91. The standard InChI is InChI=1S/C7H11N2Se/c1-7(2,3)9-5-4-8-6(9)10/h4-5H,1-3H3. The van der Waals surface area contributed by atoms with Gasteiger partial charge in [0, 0.05) is 0 Å². The molecule has 0 amide bonds. The first-order valence-corrected chi connectivity index (χ1v) is 4.08. The van der Waals surface area contributed by atoms with Crippen molar-refractivity contribution in [3.05, 3.63) is 12.4 Å². The van der Waals surface area contributed by atoms with Crippen molar-refractivity contribution < 1.29 is 0 Å². The number of nitrogens with zero attached hydrogens (tertiary/aromatic N) is 2. The molecule has 0 aromatic carbocycles. The van der Waals surface area contributed by atoms with Gasteiger partial charge in [-0.3, -0.25) is 0 Å². The fourth-order valence-electron chi connectivity index (χ4n) is 0.800. The van der Waals surface area contributed by atoms with Crippen LogP contribution in [0.2, 0.25) is 0 Å². The van der Waals surface area contributed by atoms with Crippen LogP contribution in [0.3, 0.4) is 0 Å². The van der Waals surface area contributed by atoms with Gasteiger partial charge < -0.3 is 0 Å². The predicted molar refractivity (Wildman–Crippen MR) is 42.6 cm³/mol. The Bertz CT molecular complexity index is 222. The quantitative estimate of drug-likeness (QED) is 0.558. The summed E-state index contributed by atoms with van der Waals surface area (Å²) in [6.07, 6.45) is 3.78. The molecule has 1 aromatic heterocycles. The minimum atomic E-state index is 0.136. The van der Waals surface area contributed by atoms with Crippen molar-refractivity contribution in [3.63, 3.8) is 0 Å². The molecular formula is C7H11N2Se. The second-order valence-electron chi connectivity index (χ2n) is 3.25. The first kappa shape index (κ1) is 7.83. The van der Waals surface area contributed by atoms with Gasteiger partial charge in [0.25, 0.3) is 0 Å². The van der Waals surface area contributed by atoms with Crippen molar-refractivity contribution in [1.82, 2.24) is 9.55 Å². The van der Waals surface area contributed by atoms with Crippen LogP contribution in [0.5, 0.6) is 0 Å². The summed E-state index contributed by atoms with van der Waals surface area (Å²) in [4.78, 5) is 4.09. The SMILES string of the molecule is CC(C)(C)n1ccnc1[Se]. The average molecular weight is 202 g/mol. The molecule has 0 spiro atoms. The second kappa shape index (κ2) is 2.40. The molecule has 3 heteroatoms. The van der Waals surface area contributed by atoms with Crippen molar-refractivity contribution >= 4 is 20.7 Å². The van der Waals surface area contributed by atoms with Gasteiger partial charge in [-0.05, 0) is 0 Å². The summed E-state index contributed by atoms with van der Waals surface area (Å²) in [7, 11) is 0. The van der Waals surface area contributed by atoms with E-state index in [4.69, 9.17) is 0 Å². The summed E-state index contributed by atoms with van der Waals surface area (Å²) in [5.41, 5.74) is 0.136. The zero-order valence-corrected chi connectivity index (χ0v) is 8.17. The first-order chi connectivity index (χ1) is 4.52. The van der Waals surface area contributed by atoms with E-state index in [-0.39, 0.29) is 5.54 Å². The van der Waals surface area contributed by atoms with Crippen LogP contribution >= 0.6 is 0 Å². The fraction of sp³-hybridized carbons (Fsp3) is 0.571. The Kier molecular flexibility index (Phi) is 1.88. The number of aromatic nitrogens is 2. The molecule has 0 aliphatic rings. The maximum absolute atomic E-state index is 4.09. The third-order valence-corrected chi connectivity index (χ3v) is 1.96. The van der Waals surface area contributed by atoms with Crippen LogP contribution in [0, 0.1) is 0 Å². The summed E-state index contributed by atoms with van der Waals surface area (Å²) in [6.45, 7) is 6.44. The molecule has 0 unspecified atom stereocenters. The summed E-state index contributed by atoms with van der Waals surface area (Å²) in [5.74, 6) is 0. The molecule has 0 saturated heterocycles. The number of hydrogen-bond donors (Lipinski definition) is 0. The van der Waals surface area contributed by atoms with Crippen molar-refractivity contribution in [2.45, 2.75) is 26.3 Å². The molecule has 0 N–H and O–H groups in total. The van der Waals surface area contributed by atoms with Gasteiger partial charge >= 0.3 is 69.0 Å². The van der Waals surface area contributed by atoms with E-state index in [1.165, 1.54) is 0 Å². The predicted octanol–water partition coefficient (Wildman–Crippen LogP) is 0.432. The Morgan fingerprint density at radius 3 is 2.30 bits per heavy atom. The minimum absolute atomic E-state index is 0.136. The van der Waals surface area contributed by atoms with E-state index < -0.39 is 0 Å². The molecule has 1 heterocycles. The molecule has 0 saturated carbocycles. The normalized spacial score (nSPS) is 11.9. The van der Waals surface area contributed by atoms with E-state index in [0.29, 0.717) is 0 Å². The Balaban J connectivity index is 3.05. The van der Waals surface area contributed by atoms with Gasteiger partial charge in [-0.25, -0.2) is 0 Å². The van der Waals surface area contributed by atoms with E-state index >= 15 is 0 Å². The second-order valence-corrected chi connectivity index (χ2v) is 4.02. The molecule has 1 aromatic rings. The zero-order valence-electron chi connectivity index (χ0n) is 6.46. The fourth-order valence-corrected chi connectivity index (χ4v) is 1.63. The van der Waals surface area contributed by atoms with Crippen molar-refractivity contribution in [3.8, 4) is 0 Å². The van der Waals surface area contributed by atoms with Crippen molar-refractivity contribution in [2.24, 2.45) is 0 Å². The molecule has 2 nitrogen and oxygen atoms in total. The van der Waals surface area contributed by atoms with Crippen molar-refractivity contribution in [2.75, 3.05) is 0 Å². The van der Waals surface area contributed by atoms with E-state index in [9.17, 15) is 0 Å². The van der Waals surface area contributed by atoms with Gasteiger partial charge in [0.15, 0.2) is 0 Å². The van der Waals surface area contributed by atoms with Gasteiger partial charge in [0.1, 0.15) is 0 Å². The number of imidazole rings is 1. The molecule has 0 aliphatic heterocycles. The van der Waals surface area contributed by atoms with Gasteiger partial charge in [-0.15, -0.1) is 0 Å². The number of hydrogen-bond acceptors (Lipinski definition) is 1. The van der Waals surface area contributed by atoms with E-state index in [1.807, 2.05) is 6.20 Å². The van der Waals surface area contributed by atoms with Crippen LogP contribution in [-0.2, 0) is 5.54 Å². The molecule has 55 valence electrons. The Morgan fingerprint density at radius 1 is 1.50 bits per heavy atom. The third kappa shape index (κ3) is 1.41. The Morgan fingerprint density at radius 2 is 2.10 bits per heavy atom. The molecule has 1 radical (unpaired) electrons. The van der Waals surface area contributed by atoms with E-state index in [0.717, 1.165) is 4.72 Å². The average Bonchev–Trinajstić information content (AvgIpc) is 2.11. The number of rotatable bonds is 0. The van der Waals surface area contributed by atoms with Gasteiger partial charge in [0.2, 0.25) is 0 Å². The molecule has 0 atom stereocenters. The third-order valence-electron chi connectivity index (χ3n) is 1.33. The van der Waals surface area contributed by atoms with Crippen LogP contribution in [-0.4, -0.2) is 25.6 Å². The van der Waals surface area contributed by atoms with Gasteiger partial charge in [0.05, 0.1) is 0 Å². The summed E-state index contributed by atoms with van der Waals surface area (Å²) in [5, 5.41) is 0. The van der Waals surface area contributed by atoms with Crippen LogP contribution < -0.4 is 4.72 Å². The van der Waals surface area contributed by atoms with Crippen LogP contribution in [0.25, 0.3) is 0 Å². The maximum atomic E-state index is 4.09. The van der Waals surface area contributed by atoms with Crippen molar-refractivity contribution in [1.29, 1.82) is 0 Å². The topological polar surface area (TPSA) is 17.8 Å². The Hall–Kier alpha value is -0.271. The Labute approximate surface area is 69.5 Å². The van der Waals surface area contributed by atoms with Gasteiger partial charge in [-0.2, -0.15) is 0 Å². The molecule has 1 rings (SSSR count). The van der Waals surface area contributed by atoms with E-state index in [2.05, 4.69) is 46.3 Å².